The molecule has 1 aromatic rings. The van der Waals surface area contributed by atoms with Crippen molar-refractivity contribution in [2.75, 3.05) is 13.6 Å². The third-order valence-corrected chi connectivity index (χ3v) is 2.70. The van der Waals surface area contributed by atoms with E-state index in [0.29, 0.717) is 6.54 Å². The Balaban J connectivity index is 0.00000225. The summed E-state index contributed by atoms with van der Waals surface area (Å²) in [6.45, 7) is -1.45. The van der Waals surface area contributed by atoms with Crippen LogP contribution in [0.4, 0.5) is 12.9 Å². The normalized spacial score (nSPS) is 11.3. The Hall–Kier alpha value is 0.891. The van der Waals surface area contributed by atoms with Crippen LogP contribution < -0.4 is 51.4 Å². The second kappa shape index (κ2) is 7.35. The first-order chi connectivity index (χ1) is 6.89. The van der Waals surface area contributed by atoms with Crippen molar-refractivity contribution in [1.29, 1.82) is 0 Å². The number of rotatable bonds is 5. The molecular formula is C9H12BF3KNS. The Morgan fingerprint density at radius 1 is 1.50 bits per heavy atom. The standard InChI is InChI=1S/C9H12BF3NS.K/c1-8(10(11,12)13)5-14(2)6-9-3-4-15-7-9;/h3-4,7H,1,5-6H2,2H3;/q-1;+1. The van der Waals surface area contributed by atoms with E-state index >= 15 is 0 Å². The molecule has 0 atom stereocenters. The summed E-state index contributed by atoms with van der Waals surface area (Å²) in [5.74, 6) is 0. The molecule has 0 aromatic carbocycles. The minimum Gasteiger partial charge on any atom is -0.445 e. The second-order valence-corrected chi connectivity index (χ2v) is 4.32. The fourth-order valence-electron chi connectivity index (χ4n) is 1.20. The SMILES string of the molecule is C=C(CN(C)Cc1ccsc1)[B-](F)(F)F.[K+]. The molecule has 0 amide bonds. The summed E-state index contributed by atoms with van der Waals surface area (Å²) in [6.07, 6.45) is 0. The molecule has 0 radical (unpaired) electrons. The van der Waals surface area contributed by atoms with Gasteiger partial charge in [-0.2, -0.15) is 11.3 Å². The molecule has 1 rings (SSSR count). The van der Waals surface area contributed by atoms with E-state index in [9.17, 15) is 12.9 Å². The average molecular weight is 273 g/mol. The van der Waals surface area contributed by atoms with Crippen molar-refractivity contribution >= 4 is 18.3 Å². The first kappa shape index (κ1) is 16.9. The van der Waals surface area contributed by atoms with Gasteiger partial charge < -0.3 is 17.8 Å². The Bertz CT molecular complexity index is 326. The van der Waals surface area contributed by atoms with Crippen LogP contribution in [-0.4, -0.2) is 25.5 Å². The molecule has 1 nitrogen and oxygen atoms in total. The summed E-state index contributed by atoms with van der Waals surface area (Å²) in [4.78, 5) is 1.61. The first-order valence-corrected chi connectivity index (χ1v) is 5.41. The zero-order valence-electron chi connectivity index (χ0n) is 9.42. The molecule has 0 saturated carbocycles. The summed E-state index contributed by atoms with van der Waals surface area (Å²) in [6, 6.07) is 1.91. The zero-order chi connectivity index (χ0) is 11.5. The van der Waals surface area contributed by atoms with E-state index in [-0.39, 0.29) is 57.9 Å². The molecule has 0 saturated heterocycles. The van der Waals surface area contributed by atoms with Gasteiger partial charge in [0.15, 0.2) is 0 Å². The van der Waals surface area contributed by atoms with Crippen LogP contribution in [0, 0.1) is 0 Å². The van der Waals surface area contributed by atoms with Gasteiger partial charge in [-0.05, 0) is 36.0 Å². The van der Waals surface area contributed by atoms with Crippen molar-refractivity contribution < 1.29 is 64.3 Å². The van der Waals surface area contributed by atoms with Crippen molar-refractivity contribution in [2.24, 2.45) is 0 Å². The van der Waals surface area contributed by atoms with Gasteiger partial charge in [0.1, 0.15) is 0 Å². The van der Waals surface area contributed by atoms with Crippen LogP contribution in [0.15, 0.2) is 28.9 Å². The molecular weight excluding hydrogens is 261 g/mol. The van der Waals surface area contributed by atoms with Crippen LogP contribution in [0.2, 0.25) is 0 Å². The van der Waals surface area contributed by atoms with Crippen LogP contribution in [-0.2, 0) is 6.54 Å². The van der Waals surface area contributed by atoms with Crippen LogP contribution in [0.5, 0.6) is 0 Å². The number of hydrogen-bond acceptors (Lipinski definition) is 2. The van der Waals surface area contributed by atoms with Gasteiger partial charge in [-0.3, -0.25) is 0 Å². The molecule has 7 heteroatoms. The summed E-state index contributed by atoms with van der Waals surface area (Å²) in [5.41, 5.74) is 0.387. The maximum Gasteiger partial charge on any atom is 1.00 e. The molecule has 84 valence electrons. The molecule has 0 aliphatic carbocycles. The molecule has 0 bridgehead atoms. The first-order valence-electron chi connectivity index (χ1n) is 4.47. The summed E-state index contributed by atoms with van der Waals surface area (Å²) >= 11 is 1.54. The van der Waals surface area contributed by atoms with E-state index in [1.807, 2.05) is 16.8 Å². The number of halogens is 3. The minimum atomic E-state index is -4.90. The van der Waals surface area contributed by atoms with Crippen LogP contribution >= 0.6 is 11.3 Å². The van der Waals surface area contributed by atoms with E-state index in [1.54, 1.807) is 11.9 Å². The van der Waals surface area contributed by atoms with Gasteiger partial charge in [-0.1, -0.05) is 0 Å². The van der Waals surface area contributed by atoms with Crippen LogP contribution in [0.1, 0.15) is 5.56 Å². The van der Waals surface area contributed by atoms with E-state index in [0.717, 1.165) is 5.56 Å². The summed E-state index contributed by atoms with van der Waals surface area (Å²) in [5, 5.41) is 3.84. The zero-order valence-corrected chi connectivity index (χ0v) is 13.4. The molecule has 0 N–H and O–H groups in total. The third kappa shape index (κ3) is 6.00. The van der Waals surface area contributed by atoms with Crippen molar-refractivity contribution in [3.8, 4) is 0 Å². The minimum absolute atomic E-state index is 0. The predicted molar refractivity (Wildman–Crippen MR) is 58.9 cm³/mol. The van der Waals surface area contributed by atoms with Gasteiger partial charge in [0.2, 0.25) is 0 Å². The number of likely N-dealkylation sites (N-methyl/N-ethyl adjacent to an activating group) is 1. The Morgan fingerprint density at radius 3 is 2.56 bits per heavy atom. The Kier molecular flexibility index (Phi) is 7.76. The van der Waals surface area contributed by atoms with Gasteiger partial charge in [0, 0.05) is 6.54 Å². The van der Waals surface area contributed by atoms with E-state index in [1.165, 1.54) is 11.3 Å². The number of hydrogen-bond donors (Lipinski definition) is 0. The Morgan fingerprint density at radius 2 is 2.12 bits per heavy atom. The number of thiophene rings is 1. The maximum atomic E-state index is 12.2. The molecule has 0 aliphatic rings. The molecule has 16 heavy (non-hydrogen) atoms. The van der Waals surface area contributed by atoms with Gasteiger partial charge in [-0.25, -0.2) is 0 Å². The summed E-state index contributed by atoms with van der Waals surface area (Å²) < 4.78 is 36.7. The molecule has 0 unspecified atom stereocenters. The largest absolute Gasteiger partial charge is 1.00 e. The number of nitrogens with zero attached hydrogens (tertiary/aromatic N) is 1. The summed E-state index contributed by atoms with van der Waals surface area (Å²) in [7, 11) is 1.66. The monoisotopic (exact) mass is 273 g/mol. The average Bonchev–Trinajstić information content (AvgIpc) is 2.54. The van der Waals surface area contributed by atoms with E-state index < -0.39 is 12.4 Å². The molecule has 1 aromatic heterocycles. The quantitative estimate of drug-likeness (QED) is 0.689. The van der Waals surface area contributed by atoms with Crippen molar-refractivity contribution in [1.82, 2.24) is 4.90 Å². The second-order valence-electron chi connectivity index (χ2n) is 3.54. The topological polar surface area (TPSA) is 3.24 Å². The maximum absolute atomic E-state index is 12.2. The van der Waals surface area contributed by atoms with Gasteiger partial charge in [0.25, 0.3) is 0 Å². The fourth-order valence-corrected chi connectivity index (χ4v) is 1.86. The van der Waals surface area contributed by atoms with Gasteiger partial charge in [0.05, 0.1) is 0 Å². The third-order valence-electron chi connectivity index (χ3n) is 1.97. The van der Waals surface area contributed by atoms with Gasteiger partial charge >= 0.3 is 58.4 Å². The van der Waals surface area contributed by atoms with E-state index in [2.05, 4.69) is 6.58 Å². The van der Waals surface area contributed by atoms with Crippen molar-refractivity contribution in [2.45, 2.75) is 6.54 Å². The Labute approximate surface area is 140 Å². The van der Waals surface area contributed by atoms with Crippen molar-refractivity contribution in [3.05, 3.63) is 34.4 Å². The molecule has 1 heterocycles. The predicted octanol–water partition coefficient (Wildman–Crippen LogP) is 0.127. The van der Waals surface area contributed by atoms with Crippen LogP contribution in [0.3, 0.4) is 0 Å². The fraction of sp³-hybridized carbons (Fsp3) is 0.333. The van der Waals surface area contributed by atoms with Gasteiger partial charge in [-0.15, -0.1) is 12.1 Å². The molecule has 0 aliphatic heterocycles. The smallest absolute Gasteiger partial charge is 0.445 e. The molecule has 0 spiro atoms. The molecule has 0 fully saturated rings. The van der Waals surface area contributed by atoms with E-state index in [4.69, 9.17) is 0 Å². The van der Waals surface area contributed by atoms with Crippen molar-refractivity contribution in [3.63, 3.8) is 0 Å². The van der Waals surface area contributed by atoms with Crippen LogP contribution in [0.25, 0.3) is 0 Å².